The summed E-state index contributed by atoms with van der Waals surface area (Å²) in [6, 6.07) is 0. The van der Waals surface area contributed by atoms with Crippen molar-refractivity contribution < 1.29 is 0 Å². The third-order valence-electron chi connectivity index (χ3n) is 1.24. The van der Waals surface area contributed by atoms with Crippen LogP contribution in [-0.2, 0) is 0 Å². The Morgan fingerprint density at radius 3 is 2.91 bits per heavy atom. The lowest BCUT2D eigenvalue weighted by molar-refractivity contribution is 0.387. The van der Waals surface area contributed by atoms with Crippen LogP contribution in [0.1, 0.15) is 13.3 Å². The highest BCUT2D eigenvalue weighted by molar-refractivity contribution is 7.86. The summed E-state index contributed by atoms with van der Waals surface area (Å²) in [6.45, 7) is 1.97. The van der Waals surface area contributed by atoms with Crippen LogP contribution in [0.5, 0.6) is 0 Å². The van der Waals surface area contributed by atoms with E-state index in [-0.39, 0.29) is 0 Å². The second-order valence-corrected chi connectivity index (χ2v) is 3.07. The van der Waals surface area contributed by atoms with Gasteiger partial charge in [0, 0.05) is 0 Å². The maximum atomic E-state index is 5.69. The van der Waals surface area contributed by atoms with Gasteiger partial charge in [0.2, 0.25) is 0 Å². The highest BCUT2D eigenvalue weighted by Gasteiger charge is 2.14. The van der Waals surface area contributed by atoms with Crippen LogP contribution >= 0.6 is 36.0 Å². The van der Waals surface area contributed by atoms with E-state index in [1.54, 1.807) is 0 Å². The monoisotopic (exact) mass is 211 g/mol. The topological polar surface area (TPSA) is 27.6 Å². The molecule has 1 aliphatic heterocycles. The third-order valence-corrected chi connectivity index (χ3v) is 2.28. The molecule has 1 aliphatic rings. The van der Waals surface area contributed by atoms with Crippen molar-refractivity contribution in [2.45, 2.75) is 13.3 Å². The predicted octanol–water partition coefficient (Wildman–Crippen LogP) is 2.06. The van der Waals surface area contributed by atoms with E-state index in [1.165, 1.54) is 0 Å². The van der Waals surface area contributed by atoms with Crippen LogP contribution in [0.4, 0.5) is 0 Å². The molecule has 0 radical (unpaired) electrons. The van der Waals surface area contributed by atoms with Gasteiger partial charge in [-0.05, 0) is 6.42 Å². The Balaban J connectivity index is 2.90. The molecule has 3 nitrogen and oxygen atoms in total. The van der Waals surface area contributed by atoms with Crippen molar-refractivity contribution in [2.75, 3.05) is 0 Å². The minimum atomic E-state index is 0.305. The van der Waals surface area contributed by atoms with Crippen molar-refractivity contribution in [3.8, 4) is 0 Å². The number of nitrogens with zero attached hydrogens (tertiary/aromatic N) is 2. The van der Waals surface area contributed by atoms with Gasteiger partial charge in [-0.1, -0.05) is 18.5 Å². The molecule has 0 aromatic rings. The van der Waals surface area contributed by atoms with Crippen LogP contribution < -0.4 is 5.43 Å². The molecule has 0 aromatic heterocycles. The molecule has 0 unspecified atom stereocenters. The SMILES string of the molecule is CCC1=C(S)C(Cl)=NN(Cl)N1. The van der Waals surface area contributed by atoms with Crippen molar-refractivity contribution >= 4 is 41.2 Å². The number of hydrazine groups is 1. The first-order valence-electron chi connectivity index (χ1n) is 3.04. The molecule has 1 rings (SSSR count). The van der Waals surface area contributed by atoms with Crippen LogP contribution in [0.15, 0.2) is 15.7 Å². The summed E-state index contributed by atoms with van der Waals surface area (Å²) >= 11 is 15.4. The summed E-state index contributed by atoms with van der Waals surface area (Å²) in [7, 11) is 0. The third kappa shape index (κ3) is 1.95. The molecule has 0 aliphatic carbocycles. The molecule has 0 bridgehead atoms. The Kier molecular flexibility index (Phi) is 2.92. The number of allylic oxidation sites excluding steroid dienone is 2. The molecule has 0 spiro atoms. The fourth-order valence-electron chi connectivity index (χ4n) is 0.685. The Bertz CT molecular complexity index is 226. The molecule has 0 saturated carbocycles. The Morgan fingerprint density at radius 1 is 1.73 bits per heavy atom. The van der Waals surface area contributed by atoms with Crippen LogP contribution in [0.2, 0.25) is 0 Å². The molecule has 11 heavy (non-hydrogen) atoms. The van der Waals surface area contributed by atoms with E-state index in [0.717, 1.165) is 16.8 Å². The van der Waals surface area contributed by atoms with Gasteiger partial charge in [-0.2, -0.15) is 0 Å². The largest absolute Gasteiger partial charge is 0.270 e. The number of thiol groups is 1. The van der Waals surface area contributed by atoms with Gasteiger partial charge in [-0.25, -0.2) is 0 Å². The first kappa shape index (κ1) is 9.03. The van der Waals surface area contributed by atoms with E-state index in [0.29, 0.717) is 10.1 Å². The molecule has 6 heteroatoms. The van der Waals surface area contributed by atoms with Crippen LogP contribution in [0, 0.1) is 0 Å². The van der Waals surface area contributed by atoms with Crippen LogP contribution in [-0.4, -0.2) is 9.81 Å². The molecular formula is C5H7Cl2N3S. The number of hydrazone groups is 1. The van der Waals surface area contributed by atoms with Crippen LogP contribution in [0.25, 0.3) is 0 Å². The Labute approximate surface area is 80.5 Å². The molecule has 62 valence electrons. The summed E-state index contributed by atoms with van der Waals surface area (Å²) in [5, 5.41) is 4.00. The molecule has 0 amide bonds. The van der Waals surface area contributed by atoms with Gasteiger partial charge in [0.25, 0.3) is 0 Å². The lowest BCUT2D eigenvalue weighted by Gasteiger charge is -2.20. The summed E-state index contributed by atoms with van der Waals surface area (Å²) in [4.78, 5) is 0.645. The maximum Gasteiger partial charge on any atom is 0.167 e. The minimum Gasteiger partial charge on any atom is -0.270 e. The molecule has 1 N–H and O–H groups in total. The zero-order chi connectivity index (χ0) is 8.43. The van der Waals surface area contributed by atoms with Crippen molar-refractivity contribution in [2.24, 2.45) is 5.10 Å². The minimum absolute atomic E-state index is 0.305. The highest BCUT2D eigenvalue weighted by atomic mass is 35.5. The van der Waals surface area contributed by atoms with Gasteiger partial charge in [0.15, 0.2) is 5.17 Å². The van der Waals surface area contributed by atoms with Crippen molar-refractivity contribution in [1.29, 1.82) is 0 Å². The zero-order valence-corrected chi connectivity index (χ0v) is 8.21. The second-order valence-electron chi connectivity index (χ2n) is 1.94. The number of halogens is 2. The average molecular weight is 212 g/mol. The molecule has 0 saturated heterocycles. The van der Waals surface area contributed by atoms with E-state index < -0.39 is 0 Å². The van der Waals surface area contributed by atoms with Gasteiger partial charge >= 0.3 is 0 Å². The van der Waals surface area contributed by atoms with Gasteiger partial charge in [-0.3, -0.25) is 5.43 Å². The molecule has 1 heterocycles. The predicted molar refractivity (Wildman–Crippen MR) is 50.4 cm³/mol. The molecule has 0 aromatic carbocycles. The summed E-state index contributed by atoms with van der Waals surface area (Å²) < 4.78 is 1.04. The first-order valence-corrected chi connectivity index (χ1v) is 4.20. The van der Waals surface area contributed by atoms with Gasteiger partial charge in [-0.15, -0.1) is 22.4 Å². The fourth-order valence-corrected chi connectivity index (χ4v) is 1.34. The standard InChI is InChI=1S/C5H7Cl2N3S/c1-2-3-4(11)5(6)9-10(7)8-3/h8,11H,2H2,1H3. The van der Waals surface area contributed by atoms with E-state index in [1.807, 2.05) is 6.92 Å². The lowest BCUT2D eigenvalue weighted by atomic mass is 10.3. The van der Waals surface area contributed by atoms with E-state index in [2.05, 4.69) is 23.2 Å². The number of hydrogen-bond acceptors (Lipinski definition) is 4. The Hall–Kier alpha value is -0.0600. The van der Waals surface area contributed by atoms with E-state index in [9.17, 15) is 0 Å². The first-order chi connectivity index (χ1) is 5.15. The smallest absolute Gasteiger partial charge is 0.167 e. The van der Waals surface area contributed by atoms with Gasteiger partial charge in [0.1, 0.15) is 0 Å². The van der Waals surface area contributed by atoms with E-state index >= 15 is 0 Å². The highest BCUT2D eigenvalue weighted by Crippen LogP contribution is 2.20. The van der Waals surface area contributed by atoms with Crippen molar-refractivity contribution in [1.82, 2.24) is 10.1 Å². The zero-order valence-electron chi connectivity index (χ0n) is 5.80. The van der Waals surface area contributed by atoms with Crippen molar-refractivity contribution in [3.05, 3.63) is 10.6 Å². The Morgan fingerprint density at radius 2 is 2.36 bits per heavy atom. The molecule has 0 atom stereocenters. The quantitative estimate of drug-likeness (QED) is 0.514. The normalized spacial score (nSPS) is 18.2. The number of rotatable bonds is 1. The number of hydrogen-bond donors (Lipinski definition) is 2. The number of nitrogens with one attached hydrogen (secondary N) is 1. The second kappa shape index (κ2) is 3.56. The van der Waals surface area contributed by atoms with E-state index in [4.69, 9.17) is 23.4 Å². The fraction of sp³-hybridized carbons (Fsp3) is 0.400. The lowest BCUT2D eigenvalue weighted by Crippen LogP contribution is -2.30. The van der Waals surface area contributed by atoms with Gasteiger partial charge in [0.05, 0.1) is 22.4 Å². The summed E-state index contributed by atoms with van der Waals surface area (Å²) in [5.74, 6) is 0. The molecular weight excluding hydrogens is 205 g/mol. The van der Waals surface area contributed by atoms with Gasteiger partial charge < -0.3 is 0 Å². The van der Waals surface area contributed by atoms with Crippen molar-refractivity contribution in [3.63, 3.8) is 0 Å². The van der Waals surface area contributed by atoms with Crippen LogP contribution in [0.3, 0.4) is 0 Å². The maximum absolute atomic E-state index is 5.69. The summed E-state index contributed by atoms with van der Waals surface area (Å²) in [5.41, 5.74) is 3.64. The summed E-state index contributed by atoms with van der Waals surface area (Å²) in [6.07, 6.45) is 0.786. The average Bonchev–Trinajstić information content (AvgIpc) is 1.96. The molecule has 0 fully saturated rings.